The van der Waals surface area contributed by atoms with Crippen molar-refractivity contribution >= 4 is 16.8 Å². The number of para-hydroxylation sites is 1. The first-order chi connectivity index (χ1) is 9.74. The van der Waals surface area contributed by atoms with E-state index in [0.717, 1.165) is 0 Å². The normalized spacial score (nSPS) is 10.6. The molecule has 0 aliphatic rings. The quantitative estimate of drug-likeness (QED) is 0.763. The highest BCUT2D eigenvalue weighted by atomic mass is 16.3. The van der Waals surface area contributed by atoms with Crippen molar-refractivity contribution in [1.29, 1.82) is 0 Å². The SMILES string of the molecule is O=C(NCc1ccco1)c1cc(=O)[nH]c2ccccc12. The van der Waals surface area contributed by atoms with Crippen LogP contribution in [-0.4, -0.2) is 10.9 Å². The van der Waals surface area contributed by atoms with Crippen LogP contribution >= 0.6 is 0 Å². The summed E-state index contributed by atoms with van der Waals surface area (Å²) >= 11 is 0. The Balaban J connectivity index is 1.93. The zero-order valence-corrected chi connectivity index (χ0v) is 10.6. The first kappa shape index (κ1) is 12.2. The largest absolute Gasteiger partial charge is 0.467 e. The fourth-order valence-electron chi connectivity index (χ4n) is 2.07. The van der Waals surface area contributed by atoms with Gasteiger partial charge in [-0.3, -0.25) is 9.59 Å². The van der Waals surface area contributed by atoms with Crippen molar-refractivity contribution in [3.05, 3.63) is 70.4 Å². The number of rotatable bonds is 3. The predicted octanol–water partition coefficient (Wildman–Crippen LogP) is 2.05. The lowest BCUT2D eigenvalue weighted by molar-refractivity contribution is 0.0949. The molecular weight excluding hydrogens is 256 g/mol. The van der Waals surface area contributed by atoms with Gasteiger partial charge in [-0.25, -0.2) is 0 Å². The van der Waals surface area contributed by atoms with Crippen LogP contribution in [0.4, 0.5) is 0 Å². The molecule has 2 aromatic heterocycles. The third-order valence-corrected chi connectivity index (χ3v) is 3.00. The molecule has 2 heterocycles. The van der Waals surface area contributed by atoms with E-state index in [1.807, 2.05) is 12.1 Å². The number of furan rings is 1. The Labute approximate surface area is 114 Å². The number of carbonyl (C=O) groups is 1. The first-order valence-electron chi connectivity index (χ1n) is 6.17. The molecule has 20 heavy (non-hydrogen) atoms. The van der Waals surface area contributed by atoms with Crippen LogP contribution in [0, 0.1) is 0 Å². The maximum absolute atomic E-state index is 12.2. The van der Waals surface area contributed by atoms with Crippen LogP contribution in [0.3, 0.4) is 0 Å². The summed E-state index contributed by atoms with van der Waals surface area (Å²) in [5.41, 5.74) is 0.700. The molecular formula is C15H12N2O3. The summed E-state index contributed by atoms with van der Waals surface area (Å²) < 4.78 is 5.15. The lowest BCUT2D eigenvalue weighted by Gasteiger charge is -2.06. The highest BCUT2D eigenvalue weighted by Crippen LogP contribution is 2.14. The van der Waals surface area contributed by atoms with E-state index in [0.29, 0.717) is 22.2 Å². The Morgan fingerprint density at radius 3 is 2.85 bits per heavy atom. The Morgan fingerprint density at radius 2 is 2.05 bits per heavy atom. The second-order valence-corrected chi connectivity index (χ2v) is 4.35. The standard InChI is InChI=1S/C15H12N2O3/c18-14-8-12(11-5-1-2-6-13(11)17-14)15(19)16-9-10-4-3-7-20-10/h1-8H,9H2,(H,16,19)(H,17,18). The van der Waals surface area contributed by atoms with Crippen LogP contribution in [0.25, 0.3) is 10.9 Å². The third-order valence-electron chi connectivity index (χ3n) is 3.00. The molecule has 0 bridgehead atoms. The van der Waals surface area contributed by atoms with E-state index in [4.69, 9.17) is 4.42 Å². The highest BCUT2D eigenvalue weighted by Gasteiger charge is 2.11. The van der Waals surface area contributed by atoms with E-state index in [1.54, 1.807) is 30.5 Å². The summed E-state index contributed by atoms with van der Waals surface area (Å²) in [4.78, 5) is 26.5. The zero-order valence-electron chi connectivity index (χ0n) is 10.6. The fourth-order valence-corrected chi connectivity index (χ4v) is 2.07. The van der Waals surface area contributed by atoms with Crippen LogP contribution in [0.1, 0.15) is 16.1 Å². The van der Waals surface area contributed by atoms with Gasteiger partial charge >= 0.3 is 0 Å². The number of nitrogens with one attached hydrogen (secondary N) is 2. The molecule has 0 atom stereocenters. The van der Waals surface area contributed by atoms with Gasteiger partial charge in [0.2, 0.25) is 5.56 Å². The summed E-state index contributed by atoms with van der Waals surface area (Å²) in [5.74, 6) is 0.358. The van der Waals surface area contributed by atoms with Gasteiger partial charge < -0.3 is 14.7 Å². The van der Waals surface area contributed by atoms with Crippen LogP contribution in [0.5, 0.6) is 0 Å². The summed E-state index contributed by atoms with van der Waals surface area (Å²) in [6, 6.07) is 12.0. The van der Waals surface area contributed by atoms with Crippen molar-refractivity contribution < 1.29 is 9.21 Å². The van der Waals surface area contributed by atoms with Crippen LogP contribution in [0.15, 0.2) is 57.9 Å². The van der Waals surface area contributed by atoms with E-state index in [9.17, 15) is 9.59 Å². The van der Waals surface area contributed by atoms with Gasteiger partial charge in [-0.1, -0.05) is 18.2 Å². The third kappa shape index (κ3) is 2.33. The minimum atomic E-state index is -0.302. The minimum absolute atomic E-state index is 0.285. The smallest absolute Gasteiger partial charge is 0.252 e. The number of H-pyrrole nitrogens is 1. The molecule has 5 nitrogen and oxygen atoms in total. The molecule has 1 aromatic carbocycles. The monoisotopic (exact) mass is 268 g/mol. The number of hydrogen-bond donors (Lipinski definition) is 2. The van der Waals surface area contributed by atoms with Crippen molar-refractivity contribution in [1.82, 2.24) is 10.3 Å². The molecule has 0 aliphatic carbocycles. The average Bonchev–Trinajstić information content (AvgIpc) is 2.97. The van der Waals surface area contributed by atoms with Crippen LogP contribution < -0.4 is 10.9 Å². The minimum Gasteiger partial charge on any atom is -0.467 e. The number of pyridine rings is 1. The van der Waals surface area contributed by atoms with Gasteiger partial charge in [0, 0.05) is 17.0 Å². The van der Waals surface area contributed by atoms with Gasteiger partial charge in [-0.15, -0.1) is 0 Å². The molecule has 5 heteroatoms. The zero-order chi connectivity index (χ0) is 13.9. The highest BCUT2D eigenvalue weighted by molar-refractivity contribution is 6.05. The maximum Gasteiger partial charge on any atom is 0.252 e. The molecule has 0 aliphatic heterocycles. The molecule has 0 fully saturated rings. The second kappa shape index (κ2) is 5.05. The summed E-state index contributed by atoms with van der Waals surface area (Å²) in [5, 5.41) is 3.45. The Bertz CT molecular complexity index is 803. The molecule has 0 radical (unpaired) electrons. The lowest BCUT2D eigenvalue weighted by Crippen LogP contribution is -2.24. The fraction of sp³-hybridized carbons (Fsp3) is 0.0667. The van der Waals surface area contributed by atoms with Crippen molar-refractivity contribution in [3.8, 4) is 0 Å². The van der Waals surface area contributed by atoms with Gasteiger partial charge in [0.25, 0.3) is 5.91 Å². The maximum atomic E-state index is 12.2. The lowest BCUT2D eigenvalue weighted by atomic mass is 10.1. The number of fused-ring (bicyclic) bond motifs is 1. The Hall–Kier alpha value is -2.82. The van der Waals surface area contributed by atoms with Gasteiger partial charge in [0.15, 0.2) is 0 Å². The van der Waals surface area contributed by atoms with Crippen LogP contribution in [0.2, 0.25) is 0 Å². The van der Waals surface area contributed by atoms with Crippen molar-refractivity contribution in [2.24, 2.45) is 0 Å². The number of aromatic nitrogens is 1. The van der Waals surface area contributed by atoms with E-state index < -0.39 is 0 Å². The molecule has 0 unspecified atom stereocenters. The number of carbonyl (C=O) groups excluding carboxylic acids is 1. The molecule has 1 amide bonds. The molecule has 3 rings (SSSR count). The molecule has 2 N–H and O–H groups in total. The van der Waals surface area contributed by atoms with E-state index >= 15 is 0 Å². The summed E-state index contributed by atoms with van der Waals surface area (Å²) in [6.07, 6.45) is 1.55. The number of aromatic amines is 1. The molecule has 0 saturated heterocycles. The van der Waals surface area contributed by atoms with Crippen LogP contribution in [-0.2, 0) is 6.54 Å². The van der Waals surface area contributed by atoms with E-state index in [1.165, 1.54) is 6.07 Å². The molecule has 0 spiro atoms. The molecule has 100 valence electrons. The van der Waals surface area contributed by atoms with Gasteiger partial charge in [0.05, 0.1) is 18.4 Å². The van der Waals surface area contributed by atoms with E-state index in [2.05, 4.69) is 10.3 Å². The molecule has 3 aromatic rings. The number of hydrogen-bond acceptors (Lipinski definition) is 3. The van der Waals surface area contributed by atoms with Crippen molar-refractivity contribution in [3.63, 3.8) is 0 Å². The van der Waals surface area contributed by atoms with E-state index in [-0.39, 0.29) is 18.0 Å². The summed E-state index contributed by atoms with van der Waals surface area (Å²) in [6.45, 7) is 0.285. The predicted molar refractivity (Wildman–Crippen MR) is 74.4 cm³/mol. The van der Waals surface area contributed by atoms with Gasteiger partial charge in [-0.2, -0.15) is 0 Å². The topological polar surface area (TPSA) is 75.1 Å². The first-order valence-corrected chi connectivity index (χ1v) is 6.17. The summed E-state index contributed by atoms with van der Waals surface area (Å²) in [7, 11) is 0. The van der Waals surface area contributed by atoms with Crippen molar-refractivity contribution in [2.45, 2.75) is 6.54 Å². The van der Waals surface area contributed by atoms with Gasteiger partial charge in [-0.05, 0) is 18.2 Å². The molecule has 0 saturated carbocycles. The van der Waals surface area contributed by atoms with Crippen molar-refractivity contribution in [2.75, 3.05) is 0 Å². The number of benzene rings is 1. The number of amides is 1. The Morgan fingerprint density at radius 1 is 1.20 bits per heavy atom. The Kier molecular flexibility index (Phi) is 3.09. The second-order valence-electron chi connectivity index (χ2n) is 4.35. The van der Waals surface area contributed by atoms with Gasteiger partial charge in [0.1, 0.15) is 5.76 Å². The average molecular weight is 268 g/mol.